The summed E-state index contributed by atoms with van der Waals surface area (Å²) in [5.41, 5.74) is 0. The van der Waals surface area contributed by atoms with E-state index in [-0.39, 0.29) is 65.2 Å². The second-order valence-electron chi connectivity index (χ2n) is 35.4. The molecular weight excluding hydrogens is 1550 g/mol. The summed E-state index contributed by atoms with van der Waals surface area (Å²) in [5, 5.41) is 138. The number of amides is 4. The van der Waals surface area contributed by atoms with E-state index in [0.29, 0.717) is 32.1 Å². The van der Waals surface area contributed by atoms with Gasteiger partial charge in [-0.3, -0.25) is 19.2 Å². The highest BCUT2D eigenvalue weighted by atomic mass is 16.7. The van der Waals surface area contributed by atoms with E-state index in [2.05, 4.69) is 38.3 Å². The van der Waals surface area contributed by atoms with Gasteiger partial charge in [0.2, 0.25) is 23.6 Å². The molecule has 0 spiro atoms. The minimum atomic E-state index is -1.79. The van der Waals surface area contributed by atoms with Crippen molar-refractivity contribution >= 4 is 23.6 Å². The molecule has 26 heteroatoms. The van der Waals surface area contributed by atoms with Gasteiger partial charge >= 0.3 is 0 Å². The van der Waals surface area contributed by atoms with E-state index in [0.717, 1.165) is 116 Å². The Labute approximate surface area is 733 Å². The van der Waals surface area contributed by atoms with Crippen LogP contribution in [-0.2, 0) is 47.6 Å². The Morgan fingerprint density at radius 1 is 0.314 bits per heavy atom. The van der Waals surface area contributed by atoms with Crippen molar-refractivity contribution in [2.75, 3.05) is 79.0 Å². The van der Waals surface area contributed by atoms with Gasteiger partial charge in [0.25, 0.3) is 0 Å². The first-order chi connectivity index (χ1) is 58.8. The third kappa shape index (κ3) is 55.6. The molecule has 4 amide bonds. The van der Waals surface area contributed by atoms with E-state index in [1.807, 2.05) is 0 Å². The SMILES string of the molecule is CCCCCCCCCCCCCCCCCC(=O)N(CC(=O)NCCCOCCOCCNC(=O)CN(C(=O)CCCCCCCCCCCCCCCCC)[C@@H](CO[C@H]1OC(CO)[C@H](O)[C@H](O)C1O)[C@H](O)[C@H](O)CCCCCCCCCCCCCC)[C@@H](CO[C@H]1OC(CO)[C@H](O)[C@H](O)C1O)[C@H](O)[C@H](O)CCCCCCCCCCCCCC. The molecule has 0 aromatic carbocycles. The van der Waals surface area contributed by atoms with Crippen molar-refractivity contribution in [3.63, 3.8) is 0 Å². The third-order valence-corrected chi connectivity index (χ3v) is 24.6. The number of hydrogen-bond donors (Lipinski definition) is 14. The van der Waals surface area contributed by atoms with Gasteiger partial charge in [-0.1, -0.05) is 362 Å². The number of carbonyl (C=O) groups excluding carboxylic acids is 4. The van der Waals surface area contributed by atoms with Crippen molar-refractivity contribution in [3.8, 4) is 0 Å². The smallest absolute Gasteiger partial charge is 0.239 e. The Morgan fingerprint density at radius 3 is 0.851 bits per heavy atom. The monoisotopic (exact) mass is 1730 g/mol. The van der Waals surface area contributed by atoms with Gasteiger partial charge in [-0.2, -0.15) is 0 Å². The van der Waals surface area contributed by atoms with Crippen LogP contribution in [0.25, 0.3) is 0 Å². The van der Waals surface area contributed by atoms with Gasteiger partial charge < -0.3 is 110 Å². The van der Waals surface area contributed by atoms with Crippen LogP contribution in [0.4, 0.5) is 0 Å². The average Bonchev–Trinajstić information content (AvgIpc) is 0.825. The molecule has 0 aromatic rings. The van der Waals surface area contributed by atoms with E-state index in [1.54, 1.807) is 0 Å². The second kappa shape index (κ2) is 78.2. The normalized spacial score (nSPS) is 20.9. The van der Waals surface area contributed by atoms with E-state index in [4.69, 9.17) is 28.4 Å². The molecule has 0 aromatic heterocycles. The number of rotatable bonds is 86. The zero-order valence-electron chi connectivity index (χ0n) is 76.8. The molecule has 0 bridgehead atoms. The maximum Gasteiger partial charge on any atom is 0.239 e. The number of ether oxygens (including phenoxy) is 6. The molecule has 2 aliphatic rings. The van der Waals surface area contributed by atoms with Crippen molar-refractivity contribution < 1.29 is 109 Å². The van der Waals surface area contributed by atoms with Gasteiger partial charge in [0.1, 0.15) is 74.1 Å². The Balaban J connectivity index is 2.18. The van der Waals surface area contributed by atoms with Gasteiger partial charge in [-0.15, -0.1) is 0 Å². The first kappa shape index (κ1) is 114. The van der Waals surface area contributed by atoms with Gasteiger partial charge in [0, 0.05) is 32.5 Å². The molecule has 2 heterocycles. The van der Waals surface area contributed by atoms with Crippen LogP contribution in [-0.4, -0.2) is 272 Å². The Morgan fingerprint density at radius 2 is 0.570 bits per heavy atom. The topological polar surface area (TPSA) is 397 Å². The minimum Gasteiger partial charge on any atom is -0.394 e. The van der Waals surface area contributed by atoms with Crippen LogP contribution in [0, 0.1) is 0 Å². The molecule has 26 nitrogen and oxygen atoms in total. The third-order valence-electron chi connectivity index (χ3n) is 24.6. The molecule has 2 aliphatic heterocycles. The summed E-state index contributed by atoms with van der Waals surface area (Å²) in [4.78, 5) is 59.6. The predicted molar refractivity (Wildman–Crippen MR) is 477 cm³/mol. The zero-order valence-corrected chi connectivity index (χ0v) is 76.8. The molecule has 2 saturated heterocycles. The number of carbonyl (C=O) groups is 4. The quantitative estimate of drug-likeness (QED) is 0.0252. The minimum absolute atomic E-state index is 0.0251. The first-order valence-corrected chi connectivity index (χ1v) is 49.7. The van der Waals surface area contributed by atoms with Gasteiger partial charge in [0.15, 0.2) is 12.6 Å². The molecule has 4 unspecified atom stereocenters. The van der Waals surface area contributed by atoms with E-state index >= 15 is 0 Å². The maximum atomic E-state index is 14.6. The van der Waals surface area contributed by atoms with Crippen LogP contribution in [0.5, 0.6) is 0 Å². The fraction of sp³-hybridized carbons (Fsp3) is 0.958. The highest BCUT2D eigenvalue weighted by Gasteiger charge is 2.47. The van der Waals surface area contributed by atoms with Crippen LogP contribution in [0.1, 0.15) is 407 Å². The van der Waals surface area contributed by atoms with Crippen molar-refractivity contribution in [2.24, 2.45) is 0 Å². The fourth-order valence-corrected chi connectivity index (χ4v) is 16.6. The lowest BCUT2D eigenvalue weighted by Crippen LogP contribution is -2.61. The molecule has 121 heavy (non-hydrogen) atoms. The number of nitrogens with zero attached hydrogens (tertiary/aromatic N) is 2. The van der Waals surface area contributed by atoms with Gasteiger partial charge in [-0.05, 0) is 32.1 Å². The average molecular weight is 1730 g/mol. The molecule has 0 saturated carbocycles. The lowest BCUT2D eigenvalue weighted by Gasteiger charge is -2.41. The Kier molecular flexibility index (Phi) is 73.8. The molecule has 16 atom stereocenters. The number of hydrogen-bond acceptors (Lipinski definition) is 22. The summed E-state index contributed by atoms with van der Waals surface area (Å²) < 4.78 is 35.0. The zero-order chi connectivity index (χ0) is 88.6. The summed E-state index contributed by atoms with van der Waals surface area (Å²) >= 11 is 0. The lowest BCUT2D eigenvalue weighted by atomic mass is 9.97. The van der Waals surface area contributed by atoms with Crippen LogP contribution < -0.4 is 10.6 Å². The predicted octanol–water partition coefficient (Wildman–Crippen LogP) is 13.8. The first-order valence-electron chi connectivity index (χ1n) is 49.7. The van der Waals surface area contributed by atoms with Crippen molar-refractivity contribution in [2.45, 2.75) is 504 Å². The number of nitrogens with one attached hydrogen (secondary N) is 2. The summed E-state index contributed by atoms with van der Waals surface area (Å²) in [6.07, 6.45) is 39.1. The second-order valence-corrected chi connectivity index (χ2v) is 35.4. The van der Waals surface area contributed by atoms with Crippen molar-refractivity contribution in [1.29, 1.82) is 0 Å². The molecule has 14 N–H and O–H groups in total. The molecule has 2 fully saturated rings. The molecular formula is C95H184N4O22. The van der Waals surface area contributed by atoms with E-state index in [9.17, 15) is 80.5 Å². The highest BCUT2D eigenvalue weighted by molar-refractivity contribution is 5.86. The Hall–Kier alpha value is -2.84. The Bertz CT molecular complexity index is 2220. The summed E-state index contributed by atoms with van der Waals surface area (Å²) in [6.45, 7) is 6.00. The molecule has 716 valence electrons. The number of unbranched alkanes of at least 4 members (excludes halogenated alkanes) is 50. The van der Waals surface area contributed by atoms with Crippen LogP contribution >= 0.6 is 0 Å². The standard InChI is InChI=1S/C95H184N4O22/c1-5-9-13-17-21-25-29-33-35-37-41-45-49-53-57-62-84(106)98(76(74-118-94-92(114)90(112)88(110)80(72-100)120-94)86(108)78(102)60-55-51-47-43-39-31-27-23-19-15-11-7-3)70-82(104)96-64-59-66-116-68-69-117-67-65-97-83(105)71-99(85(107)63-58-54-50-46-42-38-36-34-30-26-22-18-14-10-6-2)77(75-119-95-93(115)91(113)89(111)81(73-101)121-95)87(109)79(103)61-56-52-48-44-40-32-28-24-20-16-12-8-4/h76-81,86-95,100-103,108-115H,5-75H2,1-4H3,(H,96,104)(H,97,105)/t76-,77-,78+,79+,80?,81?,86-,87-,88-,89-,90-,91-,92?,93?,94-,95-/m0/s1. The summed E-state index contributed by atoms with van der Waals surface area (Å²) in [7, 11) is 0. The molecule has 2 rings (SSSR count). The molecule has 0 aliphatic carbocycles. The van der Waals surface area contributed by atoms with Crippen molar-refractivity contribution in [3.05, 3.63) is 0 Å². The lowest BCUT2D eigenvalue weighted by molar-refractivity contribution is -0.304. The largest absolute Gasteiger partial charge is 0.394 e. The van der Waals surface area contributed by atoms with Crippen LogP contribution in [0.2, 0.25) is 0 Å². The number of aliphatic hydroxyl groups excluding tert-OH is 12. The highest BCUT2D eigenvalue weighted by Crippen LogP contribution is 2.29. The van der Waals surface area contributed by atoms with Gasteiger partial charge in [-0.25, -0.2) is 0 Å². The maximum absolute atomic E-state index is 14.6. The summed E-state index contributed by atoms with van der Waals surface area (Å²) in [6, 6.07) is -2.69. The van der Waals surface area contributed by atoms with Crippen LogP contribution in [0.3, 0.4) is 0 Å². The van der Waals surface area contributed by atoms with Gasteiger partial charge in [0.05, 0.1) is 70.5 Å². The fourth-order valence-electron chi connectivity index (χ4n) is 16.6. The van der Waals surface area contributed by atoms with Crippen LogP contribution in [0.15, 0.2) is 0 Å². The van der Waals surface area contributed by atoms with E-state index < -0.39 is 161 Å². The number of aliphatic hydroxyl groups is 12. The molecule has 0 radical (unpaired) electrons. The van der Waals surface area contributed by atoms with E-state index in [1.165, 1.54) is 215 Å². The summed E-state index contributed by atoms with van der Waals surface area (Å²) in [5.74, 6) is -2.06. The van der Waals surface area contributed by atoms with Crippen molar-refractivity contribution in [1.82, 2.24) is 20.4 Å².